The van der Waals surface area contributed by atoms with Crippen LogP contribution in [0.5, 0.6) is 0 Å². The third kappa shape index (κ3) is 4.66. The fourth-order valence-electron chi connectivity index (χ4n) is 2.98. The van der Waals surface area contributed by atoms with Gasteiger partial charge in [0, 0.05) is 30.0 Å². The van der Waals surface area contributed by atoms with Gasteiger partial charge in [-0.2, -0.15) is 0 Å². The SMILES string of the molecule is COCCNC(=O)C1CSC(c2ccc(F)cc2)N1C(=O)c1ccc(Cl)cc1. The van der Waals surface area contributed by atoms with Crippen LogP contribution in [0.3, 0.4) is 0 Å². The van der Waals surface area contributed by atoms with Crippen molar-refractivity contribution in [2.24, 2.45) is 0 Å². The molecule has 148 valence electrons. The van der Waals surface area contributed by atoms with Crippen molar-refractivity contribution < 1.29 is 18.7 Å². The normalized spacial score (nSPS) is 18.9. The van der Waals surface area contributed by atoms with Crippen LogP contribution in [-0.2, 0) is 9.53 Å². The van der Waals surface area contributed by atoms with Crippen LogP contribution in [0.15, 0.2) is 48.5 Å². The molecule has 0 radical (unpaired) electrons. The Morgan fingerprint density at radius 3 is 2.54 bits per heavy atom. The monoisotopic (exact) mass is 422 g/mol. The molecular formula is C20H20ClFN2O3S. The van der Waals surface area contributed by atoms with Crippen molar-refractivity contribution in [3.8, 4) is 0 Å². The van der Waals surface area contributed by atoms with E-state index in [-0.39, 0.29) is 23.0 Å². The summed E-state index contributed by atoms with van der Waals surface area (Å²) in [6.07, 6.45) is 0. The Labute approximate surface area is 172 Å². The number of hydrogen-bond acceptors (Lipinski definition) is 4. The minimum absolute atomic E-state index is 0.239. The van der Waals surface area contributed by atoms with Gasteiger partial charge in [-0.3, -0.25) is 9.59 Å². The molecule has 1 aliphatic rings. The quantitative estimate of drug-likeness (QED) is 0.724. The first kappa shape index (κ1) is 20.6. The second-order valence-corrected chi connectivity index (χ2v) is 7.81. The van der Waals surface area contributed by atoms with Gasteiger partial charge in [-0.05, 0) is 42.0 Å². The minimum atomic E-state index is -0.639. The number of rotatable bonds is 6. The second kappa shape index (κ2) is 9.41. The van der Waals surface area contributed by atoms with Crippen LogP contribution in [0.1, 0.15) is 21.3 Å². The number of carbonyl (C=O) groups excluding carboxylic acids is 2. The molecule has 2 atom stereocenters. The van der Waals surface area contributed by atoms with E-state index >= 15 is 0 Å². The summed E-state index contributed by atoms with van der Waals surface area (Å²) in [7, 11) is 1.55. The van der Waals surface area contributed by atoms with Crippen LogP contribution in [0.4, 0.5) is 4.39 Å². The van der Waals surface area contributed by atoms with Gasteiger partial charge in [0.25, 0.3) is 5.91 Å². The molecular weight excluding hydrogens is 403 g/mol. The lowest BCUT2D eigenvalue weighted by Crippen LogP contribution is -2.48. The number of ether oxygens (including phenoxy) is 1. The van der Waals surface area contributed by atoms with Crippen molar-refractivity contribution in [2.45, 2.75) is 11.4 Å². The van der Waals surface area contributed by atoms with Crippen molar-refractivity contribution in [1.29, 1.82) is 0 Å². The summed E-state index contributed by atoms with van der Waals surface area (Å²) < 4.78 is 18.3. The predicted octanol–water partition coefficient (Wildman–Crippen LogP) is 3.50. The van der Waals surface area contributed by atoms with Gasteiger partial charge in [0.1, 0.15) is 17.2 Å². The van der Waals surface area contributed by atoms with Gasteiger partial charge in [0.15, 0.2) is 0 Å². The van der Waals surface area contributed by atoms with Crippen LogP contribution >= 0.6 is 23.4 Å². The highest BCUT2D eigenvalue weighted by Crippen LogP contribution is 2.42. The zero-order chi connectivity index (χ0) is 20.1. The molecule has 0 bridgehead atoms. The summed E-state index contributed by atoms with van der Waals surface area (Å²) in [5, 5.41) is 2.94. The molecule has 2 amide bonds. The molecule has 28 heavy (non-hydrogen) atoms. The number of thioether (sulfide) groups is 1. The maximum Gasteiger partial charge on any atom is 0.255 e. The molecule has 0 saturated carbocycles. The van der Waals surface area contributed by atoms with Crippen molar-refractivity contribution in [2.75, 3.05) is 26.0 Å². The number of nitrogens with one attached hydrogen (secondary N) is 1. The fourth-order valence-corrected chi connectivity index (χ4v) is 4.53. The average Bonchev–Trinajstić information content (AvgIpc) is 3.14. The number of carbonyl (C=O) groups is 2. The first-order valence-electron chi connectivity index (χ1n) is 8.73. The molecule has 0 aromatic heterocycles. The summed E-state index contributed by atoms with van der Waals surface area (Å²) in [4.78, 5) is 27.5. The number of halogens is 2. The van der Waals surface area contributed by atoms with Gasteiger partial charge in [0.2, 0.25) is 5.91 Å². The van der Waals surface area contributed by atoms with Crippen molar-refractivity contribution in [1.82, 2.24) is 10.2 Å². The van der Waals surface area contributed by atoms with Gasteiger partial charge in [-0.15, -0.1) is 11.8 Å². The Morgan fingerprint density at radius 1 is 1.21 bits per heavy atom. The van der Waals surface area contributed by atoms with Gasteiger partial charge in [0.05, 0.1) is 6.61 Å². The van der Waals surface area contributed by atoms with Gasteiger partial charge in [-0.25, -0.2) is 4.39 Å². The van der Waals surface area contributed by atoms with E-state index in [0.29, 0.717) is 29.5 Å². The lowest BCUT2D eigenvalue weighted by Gasteiger charge is -2.29. The molecule has 5 nitrogen and oxygen atoms in total. The maximum absolute atomic E-state index is 13.3. The molecule has 2 unspecified atom stereocenters. The molecule has 3 rings (SSSR count). The lowest BCUT2D eigenvalue weighted by molar-refractivity contribution is -0.125. The fraction of sp³-hybridized carbons (Fsp3) is 0.300. The highest BCUT2D eigenvalue weighted by Gasteiger charge is 2.42. The van der Waals surface area contributed by atoms with E-state index in [2.05, 4.69) is 5.32 Å². The van der Waals surface area contributed by atoms with Crippen molar-refractivity contribution in [3.05, 3.63) is 70.5 Å². The van der Waals surface area contributed by atoms with E-state index in [1.165, 1.54) is 23.9 Å². The van der Waals surface area contributed by atoms with Crippen molar-refractivity contribution >= 4 is 35.2 Å². The van der Waals surface area contributed by atoms with Gasteiger partial charge >= 0.3 is 0 Å². The number of hydrogen-bond donors (Lipinski definition) is 1. The predicted molar refractivity (Wildman–Crippen MR) is 108 cm³/mol. The molecule has 2 aromatic carbocycles. The molecule has 1 fully saturated rings. The number of amides is 2. The van der Waals surface area contributed by atoms with Gasteiger partial charge in [-0.1, -0.05) is 23.7 Å². The molecule has 8 heteroatoms. The smallest absolute Gasteiger partial charge is 0.255 e. The van der Waals surface area contributed by atoms with E-state index < -0.39 is 6.04 Å². The van der Waals surface area contributed by atoms with E-state index in [9.17, 15) is 14.0 Å². The molecule has 1 aliphatic heterocycles. The highest BCUT2D eigenvalue weighted by molar-refractivity contribution is 7.99. The summed E-state index contributed by atoms with van der Waals surface area (Å²) in [6.45, 7) is 0.749. The van der Waals surface area contributed by atoms with Crippen LogP contribution in [0.2, 0.25) is 5.02 Å². The Kier molecular flexibility index (Phi) is 6.93. The zero-order valence-electron chi connectivity index (χ0n) is 15.2. The Hall–Kier alpha value is -2.09. The maximum atomic E-state index is 13.3. The highest BCUT2D eigenvalue weighted by atomic mass is 35.5. The summed E-state index contributed by atoms with van der Waals surface area (Å²) in [5.41, 5.74) is 1.20. The Morgan fingerprint density at radius 2 is 1.89 bits per heavy atom. The topological polar surface area (TPSA) is 58.6 Å². The molecule has 1 heterocycles. The first-order valence-corrected chi connectivity index (χ1v) is 10.2. The summed E-state index contributed by atoms with van der Waals surface area (Å²) in [5.74, 6) is -0.421. The van der Waals surface area contributed by atoms with Crippen LogP contribution in [0, 0.1) is 5.82 Å². The zero-order valence-corrected chi connectivity index (χ0v) is 16.8. The molecule has 2 aromatic rings. The molecule has 1 N–H and O–H groups in total. The third-order valence-electron chi connectivity index (χ3n) is 4.39. The third-order valence-corrected chi connectivity index (χ3v) is 5.96. The first-order chi connectivity index (χ1) is 13.5. The Balaban J connectivity index is 1.89. The van der Waals surface area contributed by atoms with E-state index in [0.717, 1.165) is 5.56 Å². The number of methoxy groups -OCH3 is 1. The lowest BCUT2D eigenvalue weighted by atomic mass is 10.1. The van der Waals surface area contributed by atoms with Gasteiger partial charge < -0.3 is 15.0 Å². The standard InChI is InChI=1S/C20H20ClFN2O3S/c1-27-11-10-23-18(25)17-12-28-20(14-4-8-16(22)9-5-14)24(17)19(26)13-2-6-15(21)7-3-13/h2-9,17,20H,10-12H2,1H3,(H,23,25). The molecule has 0 spiro atoms. The number of benzene rings is 2. The van der Waals surface area contributed by atoms with Crippen LogP contribution < -0.4 is 5.32 Å². The number of nitrogens with zero attached hydrogens (tertiary/aromatic N) is 1. The van der Waals surface area contributed by atoms with Crippen LogP contribution in [0.25, 0.3) is 0 Å². The largest absolute Gasteiger partial charge is 0.383 e. The summed E-state index contributed by atoms with van der Waals surface area (Å²) in [6, 6.07) is 11.9. The van der Waals surface area contributed by atoms with E-state index in [1.54, 1.807) is 48.4 Å². The second-order valence-electron chi connectivity index (χ2n) is 6.26. The summed E-state index contributed by atoms with van der Waals surface area (Å²) >= 11 is 7.40. The average molecular weight is 423 g/mol. The van der Waals surface area contributed by atoms with E-state index in [4.69, 9.17) is 16.3 Å². The molecule has 1 saturated heterocycles. The van der Waals surface area contributed by atoms with Crippen molar-refractivity contribution in [3.63, 3.8) is 0 Å². The van der Waals surface area contributed by atoms with Crippen LogP contribution in [-0.4, -0.2) is 48.8 Å². The molecule has 0 aliphatic carbocycles. The van der Waals surface area contributed by atoms with E-state index in [1.807, 2.05) is 0 Å². The Bertz CT molecular complexity index is 832. The minimum Gasteiger partial charge on any atom is -0.383 e.